The third kappa shape index (κ3) is 22.8. The molecule has 0 spiro atoms. The average molecular weight is 540 g/mol. The Hall–Kier alpha value is -0.910. The fourth-order valence-corrected chi connectivity index (χ4v) is 6.11. The molecule has 0 aliphatic carbocycles. The predicted octanol–water partition coefficient (Wildman–Crippen LogP) is 9.25. The largest absolute Gasteiger partial charge is 0.748 e. The van der Waals surface area contributed by atoms with Crippen LogP contribution in [-0.2, 0) is 15.9 Å². The molecule has 0 atom stereocenters. The van der Waals surface area contributed by atoms with Crippen molar-refractivity contribution in [2.75, 3.05) is 26.2 Å². The molecule has 37 heavy (non-hydrogen) atoms. The first-order valence-corrected chi connectivity index (χ1v) is 17.2. The van der Waals surface area contributed by atoms with E-state index in [0.29, 0.717) is 5.56 Å². The zero-order chi connectivity index (χ0) is 27.7. The van der Waals surface area contributed by atoms with E-state index < -0.39 is 15.9 Å². The third-order valence-electron chi connectivity index (χ3n) is 7.27. The van der Waals surface area contributed by atoms with Crippen molar-refractivity contribution in [2.24, 2.45) is 0 Å². The SMILES string of the molecule is CCCCCCCCCCCCCCCC[N+](CCC)(CCC)CCC.O=S(=O)([O-])Cc1ccccc1. The molecule has 4 nitrogen and oxygen atoms in total. The van der Waals surface area contributed by atoms with E-state index in [1.54, 1.807) is 30.3 Å². The van der Waals surface area contributed by atoms with Crippen molar-refractivity contribution in [1.29, 1.82) is 0 Å². The molecule has 0 fully saturated rings. The molecule has 1 aromatic carbocycles. The summed E-state index contributed by atoms with van der Waals surface area (Å²) in [4.78, 5) is 0. The number of rotatable bonds is 23. The monoisotopic (exact) mass is 539 g/mol. The highest BCUT2D eigenvalue weighted by atomic mass is 32.2. The zero-order valence-electron chi connectivity index (χ0n) is 25.0. The zero-order valence-corrected chi connectivity index (χ0v) is 25.8. The molecule has 0 bridgehead atoms. The molecular formula is C32H61NO3S. The van der Waals surface area contributed by atoms with Crippen molar-refractivity contribution in [1.82, 2.24) is 0 Å². The van der Waals surface area contributed by atoms with Gasteiger partial charge < -0.3 is 9.04 Å². The summed E-state index contributed by atoms with van der Waals surface area (Å²) in [5.74, 6) is -0.423. The molecule has 0 aliphatic heterocycles. The van der Waals surface area contributed by atoms with Gasteiger partial charge in [-0.2, -0.15) is 0 Å². The minimum absolute atomic E-state index is 0.423. The Morgan fingerprint density at radius 3 is 1.27 bits per heavy atom. The lowest BCUT2D eigenvalue weighted by Gasteiger charge is -2.38. The number of benzene rings is 1. The second-order valence-electron chi connectivity index (χ2n) is 11.0. The van der Waals surface area contributed by atoms with Gasteiger partial charge in [0.2, 0.25) is 0 Å². The van der Waals surface area contributed by atoms with Crippen molar-refractivity contribution in [3.63, 3.8) is 0 Å². The molecule has 1 aromatic rings. The normalized spacial score (nSPS) is 11.8. The number of unbranched alkanes of at least 4 members (excludes halogenated alkanes) is 13. The second-order valence-corrected chi connectivity index (χ2v) is 12.4. The number of hydrogen-bond acceptors (Lipinski definition) is 3. The van der Waals surface area contributed by atoms with Gasteiger partial charge in [-0.05, 0) is 37.7 Å². The van der Waals surface area contributed by atoms with E-state index >= 15 is 0 Å². The summed E-state index contributed by atoms with van der Waals surface area (Å²) in [6.07, 6.45) is 24.6. The van der Waals surface area contributed by atoms with Crippen LogP contribution in [0, 0.1) is 0 Å². The summed E-state index contributed by atoms with van der Waals surface area (Å²) in [5, 5.41) is 0. The molecule has 0 radical (unpaired) electrons. The molecule has 0 aliphatic rings. The first-order chi connectivity index (χ1) is 17.8. The first kappa shape index (κ1) is 36.1. The Kier molecular flexibility index (Phi) is 23.6. The summed E-state index contributed by atoms with van der Waals surface area (Å²) < 4.78 is 32.1. The molecule has 0 aromatic heterocycles. The summed E-state index contributed by atoms with van der Waals surface area (Å²) >= 11 is 0. The Labute approximate surface area is 232 Å². The van der Waals surface area contributed by atoms with Gasteiger partial charge in [0.1, 0.15) is 0 Å². The fourth-order valence-electron chi connectivity index (χ4n) is 5.51. The van der Waals surface area contributed by atoms with E-state index in [9.17, 15) is 13.0 Å². The molecule has 1 rings (SSSR count). The van der Waals surface area contributed by atoms with Crippen molar-refractivity contribution in [2.45, 2.75) is 143 Å². The smallest absolute Gasteiger partial charge is 0.0988 e. The lowest BCUT2D eigenvalue weighted by molar-refractivity contribution is -0.928. The van der Waals surface area contributed by atoms with Crippen LogP contribution in [0.15, 0.2) is 30.3 Å². The van der Waals surface area contributed by atoms with Crippen LogP contribution in [0.3, 0.4) is 0 Å². The number of hydrogen-bond donors (Lipinski definition) is 0. The molecular weight excluding hydrogens is 478 g/mol. The molecule has 218 valence electrons. The quantitative estimate of drug-likeness (QED) is 0.0791. The van der Waals surface area contributed by atoms with Gasteiger partial charge in [0.25, 0.3) is 0 Å². The van der Waals surface area contributed by atoms with E-state index in [1.807, 2.05) is 0 Å². The maximum absolute atomic E-state index is 10.2. The summed E-state index contributed by atoms with van der Waals surface area (Å²) in [7, 11) is -4.13. The number of quaternary nitrogens is 1. The molecule has 0 saturated heterocycles. The first-order valence-electron chi connectivity index (χ1n) is 15.6. The topological polar surface area (TPSA) is 57.2 Å². The molecule has 5 heteroatoms. The lowest BCUT2D eigenvalue weighted by atomic mass is 10.0. The summed E-state index contributed by atoms with van der Waals surface area (Å²) in [5.41, 5.74) is 0.530. The van der Waals surface area contributed by atoms with Gasteiger partial charge in [0.15, 0.2) is 0 Å². The van der Waals surface area contributed by atoms with Gasteiger partial charge in [-0.15, -0.1) is 0 Å². The van der Waals surface area contributed by atoms with Crippen LogP contribution in [0.5, 0.6) is 0 Å². The number of nitrogens with zero attached hydrogens (tertiary/aromatic N) is 1. The second kappa shape index (κ2) is 24.2. The van der Waals surface area contributed by atoms with Crippen LogP contribution in [0.25, 0.3) is 0 Å². The Morgan fingerprint density at radius 1 is 0.541 bits per heavy atom. The lowest BCUT2D eigenvalue weighted by Crippen LogP contribution is -2.50. The van der Waals surface area contributed by atoms with Crippen molar-refractivity contribution in [3.05, 3.63) is 35.9 Å². The van der Waals surface area contributed by atoms with Crippen LogP contribution in [-0.4, -0.2) is 43.6 Å². The highest BCUT2D eigenvalue weighted by Gasteiger charge is 2.23. The Morgan fingerprint density at radius 2 is 0.919 bits per heavy atom. The van der Waals surface area contributed by atoms with Gasteiger partial charge in [0.05, 0.1) is 42.1 Å². The standard InChI is InChI=1S/C25H54N.C7H8O3S/c1-5-9-10-11-12-13-14-15-16-17-18-19-20-21-25-26(22-6-2,23-7-3)24-8-4;8-11(9,10)6-7-4-2-1-3-5-7/h5-25H2,1-4H3;1-5H,6H2,(H,8,9,10)/q+1;/p-1. The van der Waals surface area contributed by atoms with Crippen LogP contribution < -0.4 is 0 Å². The third-order valence-corrected chi connectivity index (χ3v) is 7.95. The highest BCUT2D eigenvalue weighted by molar-refractivity contribution is 7.84. The van der Waals surface area contributed by atoms with Crippen LogP contribution in [0.1, 0.15) is 142 Å². The van der Waals surface area contributed by atoms with E-state index in [1.165, 1.54) is 140 Å². The molecule has 0 unspecified atom stereocenters. The maximum atomic E-state index is 10.2. The summed E-state index contributed by atoms with van der Waals surface area (Å²) in [6, 6.07) is 8.37. The molecule has 0 amide bonds. The van der Waals surface area contributed by atoms with Gasteiger partial charge in [-0.3, -0.25) is 0 Å². The van der Waals surface area contributed by atoms with Crippen LogP contribution in [0.4, 0.5) is 0 Å². The van der Waals surface area contributed by atoms with Crippen molar-refractivity contribution < 1.29 is 17.5 Å². The van der Waals surface area contributed by atoms with Crippen LogP contribution in [0.2, 0.25) is 0 Å². The Bertz CT molecular complexity index is 689. The van der Waals surface area contributed by atoms with Crippen molar-refractivity contribution in [3.8, 4) is 0 Å². The van der Waals surface area contributed by atoms with E-state index in [2.05, 4.69) is 27.7 Å². The van der Waals surface area contributed by atoms with Crippen LogP contribution >= 0.6 is 0 Å². The van der Waals surface area contributed by atoms with Gasteiger partial charge in [0, 0.05) is 0 Å². The van der Waals surface area contributed by atoms with Gasteiger partial charge in [-0.25, -0.2) is 8.42 Å². The van der Waals surface area contributed by atoms with Crippen molar-refractivity contribution >= 4 is 10.1 Å². The van der Waals surface area contributed by atoms with E-state index in [-0.39, 0.29) is 0 Å². The molecule has 0 saturated carbocycles. The predicted molar refractivity (Wildman–Crippen MR) is 161 cm³/mol. The molecule has 0 N–H and O–H groups in total. The minimum atomic E-state index is -4.13. The fraction of sp³-hybridized carbons (Fsp3) is 0.812. The Balaban J connectivity index is 0.000000970. The molecule has 0 heterocycles. The van der Waals surface area contributed by atoms with Gasteiger partial charge in [-0.1, -0.05) is 135 Å². The maximum Gasteiger partial charge on any atom is 0.0988 e. The van der Waals surface area contributed by atoms with E-state index in [0.717, 1.165) is 0 Å². The van der Waals surface area contributed by atoms with E-state index in [4.69, 9.17) is 0 Å². The highest BCUT2D eigenvalue weighted by Crippen LogP contribution is 2.16. The van der Waals surface area contributed by atoms with Gasteiger partial charge >= 0.3 is 0 Å². The summed E-state index contributed by atoms with van der Waals surface area (Å²) in [6.45, 7) is 15.0. The average Bonchev–Trinajstić information content (AvgIpc) is 2.85. The minimum Gasteiger partial charge on any atom is -0.748 e.